The minimum Gasteiger partial charge on any atom is -0.465 e. The van der Waals surface area contributed by atoms with Gasteiger partial charge in [-0.15, -0.1) is 0 Å². The van der Waals surface area contributed by atoms with Crippen molar-refractivity contribution in [3.05, 3.63) is 0 Å². The lowest BCUT2D eigenvalue weighted by molar-refractivity contribution is -0.142. The van der Waals surface area contributed by atoms with Crippen LogP contribution in [0.3, 0.4) is 0 Å². The Labute approximate surface area is 84.6 Å². The highest BCUT2D eigenvalue weighted by Crippen LogP contribution is 2.17. The average molecular weight is 201 g/mol. The average Bonchev–Trinajstić information content (AvgIpc) is 2.17. The lowest BCUT2D eigenvalue weighted by atomic mass is 9.93. The summed E-state index contributed by atoms with van der Waals surface area (Å²) >= 11 is 0. The lowest BCUT2D eigenvalue weighted by Gasteiger charge is -2.28. The summed E-state index contributed by atoms with van der Waals surface area (Å²) in [6, 6.07) is 0.0631. The molecule has 0 heterocycles. The van der Waals surface area contributed by atoms with E-state index < -0.39 is 0 Å². The van der Waals surface area contributed by atoms with Crippen molar-refractivity contribution >= 4 is 5.97 Å². The van der Waals surface area contributed by atoms with E-state index in [4.69, 9.17) is 4.74 Å². The third-order valence-electron chi connectivity index (χ3n) is 2.54. The summed E-state index contributed by atoms with van der Waals surface area (Å²) in [6.07, 6.45) is 3.68. The second kappa shape index (κ2) is 5.98. The van der Waals surface area contributed by atoms with Crippen LogP contribution in [0.2, 0.25) is 0 Å². The van der Waals surface area contributed by atoms with Gasteiger partial charge in [0.05, 0.1) is 19.3 Å². The van der Waals surface area contributed by atoms with Gasteiger partial charge in [-0.25, -0.2) is 0 Å². The molecule has 2 atom stereocenters. The van der Waals surface area contributed by atoms with Crippen molar-refractivity contribution in [2.24, 2.45) is 0 Å². The van der Waals surface area contributed by atoms with Crippen LogP contribution < -0.4 is 5.32 Å². The van der Waals surface area contributed by atoms with Gasteiger partial charge < -0.3 is 15.2 Å². The molecule has 4 nitrogen and oxygen atoms in total. The number of rotatable bonds is 4. The standard InChI is InChI=1S/C10H19NO3/c1-2-14-10(13)7-11-8-5-3-4-6-9(8)12/h8-9,11-12H,2-7H2,1H3/t8-,9-/m0/s1. The summed E-state index contributed by atoms with van der Waals surface area (Å²) < 4.78 is 4.79. The molecule has 0 bridgehead atoms. The van der Waals surface area contributed by atoms with Gasteiger partial charge in [0.15, 0.2) is 0 Å². The molecule has 1 rings (SSSR count). The highest BCUT2D eigenvalue weighted by Gasteiger charge is 2.22. The zero-order valence-corrected chi connectivity index (χ0v) is 8.66. The maximum atomic E-state index is 11.0. The van der Waals surface area contributed by atoms with E-state index >= 15 is 0 Å². The molecule has 82 valence electrons. The molecule has 4 heteroatoms. The van der Waals surface area contributed by atoms with Gasteiger partial charge in [-0.1, -0.05) is 12.8 Å². The molecule has 0 aromatic rings. The Morgan fingerprint density at radius 1 is 1.50 bits per heavy atom. The predicted octanol–water partition coefficient (Wildman–Crippen LogP) is 0.443. The van der Waals surface area contributed by atoms with Gasteiger partial charge in [-0.3, -0.25) is 4.79 Å². The number of carbonyl (C=O) groups is 1. The number of aliphatic hydroxyl groups is 1. The third-order valence-corrected chi connectivity index (χ3v) is 2.54. The summed E-state index contributed by atoms with van der Waals surface area (Å²) in [4.78, 5) is 11.0. The second-order valence-corrected chi connectivity index (χ2v) is 3.64. The first-order valence-corrected chi connectivity index (χ1v) is 5.31. The van der Waals surface area contributed by atoms with Gasteiger partial charge in [0.1, 0.15) is 0 Å². The molecule has 0 amide bonds. The van der Waals surface area contributed by atoms with Gasteiger partial charge in [0.2, 0.25) is 0 Å². The van der Waals surface area contributed by atoms with Crippen LogP contribution in [0.1, 0.15) is 32.6 Å². The molecule has 1 saturated carbocycles. The lowest BCUT2D eigenvalue weighted by Crippen LogP contribution is -2.44. The van der Waals surface area contributed by atoms with Gasteiger partial charge in [-0.05, 0) is 19.8 Å². The molecule has 0 aromatic carbocycles. The number of hydrogen-bond donors (Lipinski definition) is 2. The molecule has 1 fully saturated rings. The van der Waals surface area contributed by atoms with Crippen LogP contribution >= 0.6 is 0 Å². The van der Waals surface area contributed by atoms with Crippen LogP contribution in [0.4, 0.5) is 0 Å². The van der Waals surface area contributed by atoms with Crippen molar-refractivity contribution in [2.75, 3.05) is 13.2 Å². The molecular weight excluding hydrogens is 182 g/mol. The van der Waals surface area contributed by atoms with Crippen molar-refractivity contribution in [1.29, 1.82) is 0 Å². The summed E-state index contributed by atoms with van der Waals surface area (Å²) in [5, 5.41) is 12.6. The van der Waals surface area contributed by atoms with Crippen LogP contribution in [-0.2, 0) is 9.53 Å². The van der Waals surface area contributed by atoms with Crippen molar-refractivity contribution in [2.45, 2.75) is 44.8 Å². The fraction of sp³-hybridized carbons (Fsp3) is 0.900. The summed E-state index contributed by atoms with van der Waals surface area (Å²) in [6.45, 7) is 2.40. The molecular formula is C10H19NO3. The van der Waals surface area contributed by atoms with Crippen LogP contribution in [0.5, 0.6) is 0 Å². The van der Waals surface area contributed by atoms with E-state index in [0.29, 0.717) is 6.61 Å². The maximum Gasteiger partial charge on any atom is 0.319 e. The van der Waals surface area contributed by atoms with E-state index in [1.54, 1.807) is 6.92 Å². The number of esters is 1. The summed E-state index contributed by atoms with van der Waals surface area (Å²) in [5.74, 6) is -0.245. The molecule has 0 spiro atoms. The molecule has 1 aliphatic rings. The highest BCUT2D eigenvalue weighted by molar-refractivity contribution is 5.71. The Hall–Kier alpha value is -0.610. The SMILES string of the molecule is CCOC(=O)CN[C@H]1CCCC[C@@H]1O. The summed E-state index contributed by atoms with van der Waals surface area (Å²) in [5.41, 5.74) is 0. The molecule has 14 heavy (non-hydrogen) atoms. The van der Waals surface area contributed by atoms with Crippen molar-refractivity contribution in [1.82, 2.24) is 5.32 Å². The topological polar surface area (TPSA) is 58.6 Å². The minimum absolute atomic E-state index is 0.0631. The van der Waals surface area contributed by atoms with Crippen molar-refractivity contribution in [3.63, 3.8) is 0 Å². The Kier molecular flexibility index (Phi) is 4.90. The van der Waals surface area contributed by atoms with E-state index in [0.717, 1.165) is 25.7 Å². The fourth-order valence-corrected chi connectivity index (χ4v) is 1.78. The minimum atomic E-state index is -0.307. The number of carbonyl (C=O) groups excluding carboxylic acids is 1. The summed E-state index contributed by atoms with van der Waals surface area (Å²) in [7, 11) is 0. The monoisotopic (exact) mass is 201 g/mol. The Bertz CT molecular complexity index is 184. The maximum absolute atomic E-state index is 11.0. The zero-order chi connectivity index (χ0) is 10.4. The Morgan fingerprint density at radius 3 is 2.86 bits per heavy atom. The van der Waals surface area contributed by atoms with Crippen molar-refractivity contribution < 1.29 is 14.6 Å². The predicted molar refractivity (Wildman–Crippen MR) is 52.9 cm³/mol. The van der Waals surface area contributed by atoms with E-state index in [1.807, 2.05) is 0 Å². The Morgan fingerprint density at radius 2 is 2.21 bits per heavy atom. The molecule has 0 aromatic heterocycles. The number of aliphatic hydroxyl groups excluding tert-OH is 1. The first-order chi connectivity index (χ1) is 6.74. The van der Waals surface area contributed by atoms with E-state index in [9.17, 15) is 9.90 Å². The van der Waals surface area contributed by atoms with Crippen LogP contribution in [0.25, 0.3) is 0 Å². The molecule has 0 radical (unpaired) electrons. The number of hydrogen-bond acceptors (Lipinski definition) is 4. The van der Waals surface area contributed by atoms with Gasteiger partial charge in [-0.2, -0.15) is 0 Å². The quantitative estimate of drug-likeness (QED) is 0.648. The van der Waals surface area contributed by atoms with Crippen LogP contribution in [0.15, 0.2) is 0 Å². The van der Waals surface area contributed by atoms with Crippen molar-refractivity contribution in [3.8, 4) is 0 Å². The van der Waals surface area contributed by atoms with Gasteiger partial charge in [0.25, 0.3) is 0 Å². The first kappa shape index (κ1) is 11.5. The van der Waals surface area contributed by atoms with E-state index in [2.05, 4.69) is 5.32 Å². The number of nitrogens with one attached hydrogen (secondary N) is 1. The molecule has 2 N–H and O–H groups in total. The first-order valence-electron chi connectivity index (χ1n) is 5.31. The normalized spacial score (nSPS) is 27.3. The van der Waals surface area contributed by atoms with Crippen LogP contribution in [0, 0.1) is 0 Å². The van der Waals surface area contributed by atoms with Crippen LogP contribution in [-0.4, -0.2) is 36.4 Å². The smallest absolute Gasteiger partial charge is 0.319 e. The largest absolute Gasteiger partial charge is 0.465 e. The number of ether oxygens (including phenoxy) is 1. The Balaban J connectivity index is 2.19. The highest BCUT2D eigenvalue weighted by atomic mass is 16.5. The molecule has 1 aliphatic carbocycles. The molecule has 0 unspecified atom stereocenters. The van der Waals surface area contributed by atoms with E-state index in [1.165, 1.54) is 0 Å². The van der Waals surface area contributed by atoms with Gasteiger partial charge >= 0.3 is 5.97 Å². The fourth-order valence-electron chi connectivity index (χ4n) is 1.78. The second-order valence-electron chi connectivity index (χ2n) is 3.64. The van der Waals surface area contributed by atoms with Gasteiger partial charge in [0, 0.05) is 6.04 Å². The molecule has 0 aliphatic heterocycles. The zero-order valence-electron chi connectivity index (χ0n) is 8.66. The molecule has 0 saturated heterocycles. The third kappa shape index (κ3) is 3.64. The van der Waals surface area contributed by atoms with E-state index in [-0.39, 0.29) is 24.7 Å².